The average molecular weight is 288 g/mol. The molecule has 0 spiro atoms. The Labute approximate surface area is 127 Å². The summed E-state index contributed by atoms with van der Waals surface area (Å²) < 4.78 is 15.1. The number of pyridine rings is 1. The van der Waals surface area contributed by atoms with E-state index in [-0.39, 0.29) is 5.82 Å². The largest absolute Gasteiger partial charge is 0.300 e. The molecular formula is C19H13FN2. The van der Waals surface area contributed by atoms with E-state index in [9.17, 15) is 4.39 Å². The Balaban J connectivity index is 1.82. The van der Waals surface area contributed by atoms with Crippen molar-refractivity contribution in [2.45, 2.75) is 0 Å². The molecular weight excluding hydrogens is 275 g/mol. The summed E-state index contributed by atoms with van der Waals surface area (Å²) in [5.74, 6) is -0.225. The maximum Gasteiger partial charge on any atom is 0.137 e. The van der Waals surface area contributed by atoms with Gasteiger partial charge in [-0.1, -0.05) is 42.5 Å². The van der Waals surface area contributed by atoms with Crippen LogP contribution in [0.25, 0.3) is 28.0 Å². The van der Waals surface area contributed by atoms with Crippen molar-refractivity contribution in [2.75, 3.05) is 0 Å². The van der Waals surface area contributed by atoms with E-state index >= 15 is 0 Å². The Kier molecular flexibility index (Phi) is 2.97. The van der Waals surface area contributed by atoms with E-state index in [4.69, 9.17) is 0 Å². The maximum absolute atomic E-state index is 13.0. The minimum atomic E-state index is -0.225. The summed E-state index contributed by atoms with van der Waals surface area (Å²) in [6.45, 7) is 0. The first-order valence-electron chi connectivity index (χ1n) is 7.10. The lowest BCUT2D eigenvalue weighted by Crippen LogP contribution is -1.89. The summed E-state index contributed by atoms with van der Waals surface area (Å²) in [6.07, 6.45) is 3.88. The molecule has 3 heteroatoms. The van der Waals surface area contributed by atoms with Crippen LogP contribution in [0.15, 0.2) is 79.1 Å². The van der Waals surface area contributed by atoms with Crippen molar-refractivity contribution in [3.63, 3.8) is 0 Å². The van der Waals surface area contributed by atoms with E-state index in [1.807, 2.05) is 42.7 Å². The zero-order valence-corrected chi connectivity index (χ0v) is 11.8. The normalized spacial score (nSPS) is 11.0. The molecule has 0 aliphatic rings. The van der Waals surface area contributed by atoms with Gasteiger partial charge in [0.2, 0.25) is 0 Å². The first kappa shape index (κ1) is 12.8. The van der Waals surface area contributed by atoms with Crippen LogP contribution >= 0.6 is 0 Å². The second-order valence-electron chi connectivity index (χ2n) is 5.16. The minimum Gasteiger partial charge on any atom is -0.300 e. The zero-order chi connectivity index (χ0) is 14.9. The molecule has 2 aromatic carbocycles. The van der Waals surface area contributed by atoms with Gasteiger partial charge < -0.3 is 0 Å². The minimum absolute atomic E-state index is 0.225. The third-order valence-corrected chi connectivity index (χ3v) is 3.76. The second kappa shape index (κ2) is 5.11. The summed E-state index contributed by atoms with van der Waals surface area (Å²) in [7, 11) is 0. The molecule has 0 radical (unpaired) electrons. The number of hydrogen-bond acceptors (Lipinski definition) is 1. The third-order valence-electron chi connectivity index (χ3n) is 3.76. The van der Waals surface area contributed by atoms with Gasteiger partial charge >= 0.3 is 0 Å². The van der Waals surface area contributed by atoms with Gasteiger partial charge in [-0.2, -0.15) is 0 Å². The summed E-state index contributed by atoms with van der Waals surface area (Å²) in [5.41, 5.74) is 5.07. The number of fused-ring (bicyclic) bond motifs is 1. The van der Waals surface area contributed by atoms with Crippen molar-refractivity contribution < 1.29 is 4.39 Å². The molecule has 0 aliphatic carbocycles. The number of benzene rings is 2. The van der Waals surface area contributed by atoms with E-state index in [0.717, 1.165) is 28.0 Å². The molecule has 22 heavy (non-hydrogen) atoms. The fourth-order valence-corrected chi connectivity index (χ4v) is 2.63. The Bertz CT molecular complexity index is 925. The number of aromatic nitrogens is 2. The zero-order valence-electron chi connectivity index (χ0n) is 11.8. The van der Waals surface area contributed by atoms with Crippen LogP contribution in [0.3, 0.4) is 0 Å². The third kappa shape index (κ3) is 2.17. The number of nitrogens with zero attached hydrogens (tertiary/aromatic N) is 2. The highest BCUT2D eigenvalue weighted by atomic mass is 19.1. The Hall–Kier alpha value is -2.94. The quantitative estimate of drug-likeness (QED) is 0.517. The van der Waals surface area contributed by atoms with E-state index < -0.39 is 0 Å². The second-order valence-corrected chi connectivity index (χ2v) is 5.16. The number of halogens is 1. The molecule has 0 amide bonds. The van der Waals surface area contributed by atoms with Gasteiger partial charge in [-0.15, -0.1) is 0 Å². The highest BCUT2D eigenvalue weighted by molar-refractivity contribution is 5.70. The lowest BCUT2D eigenvalue weighted by molar-refractivity contribution is 0.628. The summed E-state index contributed by atoms with van der Waals surface area (Å²) >= 11 is 0. The fourth-order valence-electron chi connectivity index (χ4n) is 2.63. The summed E-state index contributed by atoms with van der Waals surface area (Å²) in [5, 5.41) is 0. The standard InChI is InChI=1S/C19H13FN2/c20-17-8-6-14(7-9-17)16-10-11-22-18(13-21-19(22)12-16)15-4-2-1-3-5-15/h1-13H. The van der Waals surface area contributed by atoms with Gasteiger partial charge in [0.05, 0.1) is 11.9 Å². The molecule has 2 aromatic heterocycles. The van der Waals surface area contributed by atoms with Gasteiger partial charge in [0.1, 0.15) is 11.5 Å². The molecule has 0 N–H and O–H groups in total. The Morgan fingerprint density at radius 1 is 0.773 bits per heavy atom. The molecule has 0 saturated carbocycles. The lowest BCUT2D eigenvalue weighted by atomic mass is 10.1. The van der Waals surface area contributed by atoms with Gasteiger partial charge in [0, 0.05) is 11.8 Å². The first-order chi connectivity index (χ1) is 10.8. The molecule has 4 rings (SSSR count). The van der Waals surface area contributed by atoms with E-state index in [2.05, 4.69) is 21.5 Å². The molecule has 0 saturated heterocycles. The van der Waals surface area contributed by atoms with Crippen molar-refractivity contribution in [1.29, 1.82) is 0 Å². The predicted molar refractivity (Wildman–Crippen MR) is 86.0 cm³/mol. The van der Waals surface area contributed by atoms with E-state index in [1.165, 1.54) is 12.1 Å². The van der Waals surface area contributed by atoms with Crippen LogP contribution in [0.1, 0.15) is 0 Å². The first-order valence-corrected chi connectivity index (χ1v) is 7.10. The molecule has 2 heterocycles. The lowest BCUT2D eigenvalue weighted by Gasteiger charge is -2.05. The van der Waals surface area contributed by atoms with Crippen molar-refractivity contribution in [2.24, 2.45) is 0 Å². The number of imidazole rings is 1. The van der Waals surface area contributed by atoms with Crippen LogP contribution in [-0.4, -0.2) is 9.38 Å². The van der Waals surface area contributed by atoms with Gasteiger partial charge in [-0.25, -0.2) is 9.37 Å². The summed E-state index contributed by atoms with van der Waals surface area (Å²) in [6, 6.07) is 20.7. The summed E-state index contributed by atoms with van der Waals surface area (Å²) in [4.78, 5) is 4.49. The van der Waals surface area contributed by atoms with Crippen molar-refractivity contribution in [1.82, 2.24) is 9.38 Å². The molecule has 106 valence electrons. The highest BCUT2D eigenvalue weighted by Crippen LogP contribution is 2.25. The smallest absolute Gasteiger partial charge is 0.137 e. The van der Waals surface area contributed by atoms with Crippen molar-refractivity contribution in [3.05, 3.63) is 84.9 Å². The molecule has 0 aliphatic heterocycles. The molecule has 4 aromatic rings. The number of rotatable bonds is 2. The van der Waals surface area contributed by atoms with Crippen LogP contribution in [0, 0.1) is 5.82 Å². The Morgan fingerprint density at radius 2 is 1.55 bits per heavy atom. The Morgan fingerprint density at radius 3 is 2.32 bits per heavy atom. The van der Waals surface area contributed by atoms with E-state index in [0.29, 0.717) is 0 Å². The van der Waals surface area contributed by atoms with Crippen LogP contribution in [-0.2, 0) is 0 Å². The van der Waals surface area contributed by atoms with Crippen LogP contribution in [0.5, 0.6) is 0 Å². The fraction of sp³-hybridized carbons (Fsp3) is 0. The molecule has 0 fully saturated rings. The van der Waals surface area contributed by atoms with Crippen molar-refractivity contribution >= 4 is 5.65 Å². The van der Waals surface area contributed by atoms with Gasteiger partial charge in [-0.05, 0) is 35.4 Å². The van der Waals surface area contributed by atoms with Gasteiger partial charge in [-0.3, -0.25) is 4.40 Å². The SMILES string of the molecule is Fc1ccc(-c2ccn3c(-c4ccccc4)cnc3c2)cc1. The molecule has 0 bridgehead atoms. The predicted octanol–water partition coefficient (Wildman–Crippen LogP) is 4.81. The highest BCUT2D eigenvalue weighted by Gasteiger charge is 2.07. The van der Waals surface area contributed by atoms with Crippen molar-refractivity contribution in [3.8, 4) is 22.4 Å². The molecule has 0 unspecified atom stereocenters. The molecule has 2 nitrogen and oxygen atoms in total. The topological polar surface area (TPSA) is 17.3 Å². The van der Waals surface area contributed by atoms with Crippen LogP contribution in [0.4, 0.5) is 4.39 Å². The monoisotopic (exact) mass is 288 g/mol. The van der Waals surface area contributed by atoms with Gasteiger partial charge in [0.25, 0.3) is 0 Å². The average Bonchev–Trinajstić information content (AvgIpc) is 2.99. The number of hydrogen-bond donors (Lipinski definition) is 0. The van der Waals surface area contributed by atoms with Crippen LogP contribution < -0.4 is 0 Å². The maximum atomic E-state index is 13.0. The molecule has 0 atom stereocenters. The van der Waals surface area contributed by atoms with E-state index in [1.54, 1.807) is 12.1 Å². The van der Waals surface area contributed by atoms with Crippen LogP contribution in [0.2, 0.25) is 0 Å². The van der Waals surface area contributed by atoms with Gasteiger partial charge in [0.15, 0.2) is 0 Å².